The Hall–Kier alpha value is -2.91. The van der Waals surface area contributed by atoms with Crippen LogP contribution in [0.15, 0.2) is 36.4 Å². The van der Waals surface area contributed by atoms with Crippen LogP contribution in [-0.4, -0.2) is 65.8 Å². The first kappa shape index (κ1) is 26.7. The molecule has 0 bridgehead atoms. The lowest BCUT2D eigenvalue weighted by Crippen LogP contribution is -2.47. The molecule has 2 fully saturated rings. The molecule has 2 atom stereocenters. The van der Waals surface area contributed by atoms with Crippen molar-refractivity contribution in [3.63, 3.8) is 0 Å². The van der Waals surface area contributed by atoms with Gasteiger partial charge in [-0.05, 0) is 73.6 Å². The van der Waals surface area contributed by atoms with E-state index >= 15 is 0 Å². The molecule has 9 heteroatoms. The van der Waals surface area contributed by atoms with Crippen molar-refractivity contribution in [3.05, 3.63) is 70.5 Å². The van der Waals surface area contributed by atoms with Crippen LogP contribution in [0.3, 0.4) is 0 Å². The first-order valence-corrected chi connectivity index (χ1v) is 13.3. The number of piperidine rings is 1. The minimum absolute atomic E-state index is 0.160. The number of hydrogen-bond acceptors (Lipinski definition) is 4. The third-order valence-electron chi connectivity index (χ3n) is 8.47. The number of likely N-dealkylation sites (N-methyl/N-ethyl adjacent to an activating group) is 1. The molecule has 2 aromatic rings. The number of carbonyl (C=O) groups excluding carboxylic acids is 2. The van der Waals surface area contributed by atoms with Gasteiger partial charge in [0.05, 0.1) is 12.2 Å². The van der Waals surface area contributed by atoms with Crippen molar-refractivity contribution >= 4 is 11.8 Å². The molecule has 2 amide bonds. The lowest BCUT2D eigenvalue weighted by atomic mass is 9.83. The van der Waals surface area contributed by atoms with Crippen LogP contribution in [0.5, 0.6) is 0 Å². The molecule has 204 valence electrons. The Balaban J connectivity index is 1.21. The highest BCUT2D eigenvalue weighted by molar-refractivity contribution is 5.89. The monoisotopic (exact) mass is 529 g/mol. The van der Waals surface area contributed by atoms with Crippen LogP contribution in [0.1, 0.15) is 61.8 Å². The molecule has 0 radical (unpaired) electrons. The quantitative estimate of drug-likeness (QED) is 0.529. The van der Waals surface area contributed by atoms with Crippen LogP contribution in [0, 0.1) is 17.5 Å². The van der Waals surface area contributed by atoms with E-state index in [-0.39, 0.29) is 29.2 Å². The number of fused-ring (bicyclic) bond motifs is 2. The first-order valence-electron chi connectivity index (χ1n) is 13.3. The van der Waals surface area contributed by atoms with E-state index < -0.39 is 23.3 Å². The zero-order valence-corrected chi connectivity index (χ0v) is 21.9. The average Bonchev–Trinajstić information content (AvgIpc) is 3.48. The molecule has 0 saturated carbocycles. The molecule has 5 rings (SSSR count). The lowest BCUT2D eigenvalue weighted by Gasteiger charge is -2.42. The molecule has 3 aliphatic heterocycles. The largest absolute Gasteiger partial charge is 0.365 e. The zero-order chi connectivity index (χ0) is 27.0. The summed E-state index contributed by atoms with van der Waals surface area (Å²) in [6.07, 6.45) is 3.23. The Labute approximate surface area is 221 Å². The Morgan fingerprint density at radius 3 is 2.53 bits per heavy atom. The Morgan fingerprint density at radius 2 is 1.84 bits per heavy atom. The van der Waals surface area contributed by atoms with Gasteiger partial charge < -0.3 is 19.4 Å². The second-order valence-corrected chi connectivity index (χ2v) is 10.8. The second-order valence-electron chi connectivity index (χ2n) is 10.8. The Morgan fingerprint density at radius 1 is 1.08 bits per heavy atom. The molecule has 38 heavy (non-hydrogen) atoms. The topological polar surface area (TPSA) is 53.1 Å². The summed E-state index contributed by atoms with van der Waals surface area (Å²) in [5.74, 6) is -2.74. The molecule has 3 aliphatic rings. The summed E-state index contributed by atoms with van der Waals surface area (Å²) in [6.45, 7) is 5.09. The number of carbonyl (C=O) groups is 2. The molecule has 0 aliphatic carbocycles. The van der Waals surface area contributed by atoms with Gasteiger partial charge in [-0.2, -0.15) is 0 Å². The number of likely N-dealkylation sites (tertiary alicyclic amines) is 2. The highest BCUT2D eigenvalue weighted by Crippen LogP contribution is 2.44. The number of ether oxygens (including phenoxy) is 1. The third-order valence-corrected chi connectivity index (χ3v) is 8.47. The van der Waals surface area contributed by atoms with Gasteiger partial charge in [0, 0.05) is 45.7 Å². The highest BCUT2D eigenvalue weighted by atomic mass is 19.2. The average molecular weight is 530 g/mol. The molecule has 1 spiro atoms. The molecular weight excluding hydrogens is 495 g/mol. The van der Waals surface area contributed by atoms with Crippen molar-refractivity contribution in [1.82, 2.24) is 14.7 Å². The van der Waals surface area contributed by atoms with Gasteiger partial charge in [-0.25, -0.2) is 13.2 Å². The predicted octanol–water partition coefficient (Wildman–Crippen LogP) is 4.53. The van der Waals surface area contributed by atoms with Gasteiger partial charge >= 0.3 is 0 Å². The number of nitrogens with zero attached hydrogens (tertiary/aromatic N) is 3. The predicted molar refractivity (Wildman–Crippen MR) is 135 cm³/mol. The summed E-state index contributed by atoms with van der Waals surface area (Å²) in [6, 6.07) is 7.49. The van der Waals surface area contributed by atoms with Gasteiger partial charge in [-0.15, -0.1) is 0 Å². The summed E-state index contributed by atoms with van der Waals surface area (Å²) in [5.41, 5.74) is 1.87. The number of amides is 2. The Kier molecular flexibility index (Phi) is 7.51. The maximum atomic E-state index is 14.0. The molecule has 2 aromatic carbocycles. The van der Waals surface area contributed by atoms with Crippen LogP contribution in [0.2, 0.25) is 0 Å². The molecular formula is C29H34F3N3O3. The number of hydrogen-bond donors (Lipinski definition) is 0. The van der Waals surface area contributed by atoms with Gasteiger partial charge in [-0.3, -0.25) is 9.59 Å². The molecule has 3 heterocycles. The van der Waals surface area contributed by atoms with E-state index in [4.69, 9.17) is 4.74 Å². The summed E-state index contributed by atoms with van der Waals surface area (Å²) < 4.78 is 47.7. The van der Waals surface area contributed by atoms with E-state index in [2.05, 4.69) is 11.8 Å². The smallest absolute Gasteiger partial charge is 0.249 e. The summed E-state index contributed by atoms with van der Waals surface area (Å²) >= 11 is 0. The maximum absolute atomic E-state index is 14.0. The van der Waals surface area contributed by atoms with Crippen LogP contribution in [0.4, 0.5) is 13.2 Å². The van der Waals surface area contributed by atoms with Crippen LogP contribution < -0.4 is 0 Å². The van der Waals surface area contributed by atoms with E-state index in [1.807, 2.05) is 6.07 Å². The van der Waals surface area contributed by atoms with E-state index in [0.717, 1.165) is 49.2 Å². The fourth-order valence-electron chi connectivity index (χ4n) is 6.09. The van der Waals surface area contributed by atoms with Gasteiger partial charge in [0.1, 0.15) is 11.9 Å². The molecule has 2 unspecified atom stereocenters. The number of rotatable bonds is 7. The fraction of sp³-hybridized carbons (Fsp3) is 0.517. The maximum Gasteiger partial charge on any atom is 0.249 e. The minimum atomic E-state index is -1.04. The van der Waals surface area contributed by atoms with Gasteiger partial charge in [0.2, 0.25) is 11.8 Å². The summed E-state index contributed by atoms with van der Waals surface area (Å²) in [4.78, 5) is 31.4. The fourth-order valence-corrected chi connectivity index (χ4v) is 6.09. The van der Waals surface area contributed by atoms with E-state index in [0.29, 0.717) is 39.0 Å². The van der Waals surface area contributed by atoms with Crippen LogP contribution in [-0.2, 0) is 26.5 Å². The molecule has 6 nitrogen and oxygen atoms in total. The normalized spacial score (nSPS) is 20.6. The van der Waals surface area contributed by atoms with Crippen molar-refractivity contribution < 1.29 is 27.5 Å². The first-order chi connectivity index (χ1) is 18.2. The van der Waals surface area contributed by atoms with Gasteiger partial charge in [-0.1, -0.05) is 12.1 Å². The van der Waals surface area contributed by atoms with E-state index in [1.165, 1.54) is 17.0 Å². The summed E-state index contributed by atoms with van der Waals surface area (Å²) in [7, 11) is 1.69. The van der Waals surface area contributed by atoms with Crippen molar-refractivity contribution in [2.24, 2.45) is 0 Å². The third kappa shape index (κ3) is 5.06. The standard InChI is InChI=1S/C29H34F3N3O3/c1-19(34-14-10-29(11-15-34)23-17-22(30)7-5-21(23)18-38-29)9-13-33(2)28(37)27(35-12-3-4-26(35)36)20-6-8-24(31)25(32)16-20/h5-8,16-17,19,27H,3-4,9-15,18H2,1-2H3. The number of halogens is 3. The van der Waals surface area contributed by atoms with E-state index in [1.54, 1.807) is 18.0 Å². The lowest BCUT2D eigenvalue weighted by molar-refractivity contribution is -0.143. The molecule has 2 saturated heterocycles. The van der Waals surface area contributed by atoms with Crippen molar-refractivity contribution in [3.8, 4) is 0 Å². The van der Waals surface area contributed by atoms with Crippen LogP contribution in [0.25, 0.3) is 0 Å². The van der Waals surface area contributed by atoms with Crippen LogP contribution >= 0.6 is 0 Å². The molecule has 0 aromatic heterocycles. The van der Waals surface area contributed by atoms with Crippen molar-refractivity contribution in [1.29, 1.82) is 0 Å². The number of benzene rings is 2. The van der Waals surface area contributed by atoms with Crippen molar-refractivity contribution in [2.75, 3.05) is 33.2 Å². The minimum Gasteiger partial charge on any atom is -0.365 e. The SMILES string of the molecule is CC(CCN(C)C(=O)C(c1ccc(F)c(F)c1)N1CCCC1=O)N1CCC2(CC1)OCc1ccc(F)cc12. The van der Waals surface area contributed by atoms with Gasteiger partial charge in [0.15, 0.2) is 11.6 Å². The molecule has 0 N–H and O–H groups in total. The summed E-state index contributed by atoms with van der Waals surface area (Å²) in [5, 5.41) is 0. The van der Waals surface area contributed by atoms with Crippen molar-refractivity contribution in [2.45, 2.75) is 63.3 Å². The Bertz CT molecular complexity index is 1210. The van der Waals surface area contributed by atoms with E-state index in [9.17, 15) is 22.8 Å². The zero-order valence-electron chi connectivity index (χ0n) is 21.9. The second kappa shape index (κ2) is 10.7. The van der Waals surface area contributed by atoms with Gasteiger partial charge in [0.25, 0.3) is 0 Å². The highest BCUT2D eigenvalue weighted by Gasteiger charge is 2.43.